The number of carboxylic acid groups (broad SMARTS) is 1. The minimum absolute atomic E-state index is 0.0241. The molecule has 50 heavy (non-hydrogen) atoms. The number of carbonyl (C=O) groups is 3. The molecule has 8 fully saturated rings. The van der Waals surface area contributed by atoms with Crippen molar-refractivity contribution in [1.82, 2.24) is 9.80 Å². The number of aliphatic carboxylic acids is 1. The van der Waals surface area contributed by atoms with Crippen LogP contribution < -0.4 is 0 Å². The summed E-state index contributed by atoms with van der Waals surface area (Å²) in [5.41, 5.74) is 0.119. The van der Waals surface area contributed by atoms with Crippen LogP contribution in [0.1, 0.15) is 112 Å². The molecule has 280 valence electrons. The number of hydrogen-bond acceptors (Lipinski definition) is 7. The zero-order valence-electron chi connectivity index (χ0n) is 31.3. The van der Waals surface area contributed by atoms with E-state index in [0.29, 0.717) is 49.8 Å². The molecular formula is C40H62N2O8. The minimum atomic E-state index is -1.03. The third-order valence-corrected chi connectivity index (χ3v) is 16.9. The Morgan fingerprint density at radius 2 is 1.70 bits per heavy atom. The van der Waals surface area contributed by atoms with Gasteiger partial charge in [-0.25, -0.2) is 0 Å². The van der Waals surface area contributed by atoms with Gasteiger partial charge in [0.2, 0.25) is 11.8 Å². The number of aliphatic hydroxyl groups excluding tert-OH is 1. The lowest BCUT2D eigenvalue weighted by molar-refractivity contribution is -0.248. The number of nitrogens with zero attached hydrogens (tertiary/aromatic N) is 2. The number of hydrogen-bond donors (Lipinski definition) is 2. The quantitative estimate of drug-likeness (QED) is 0.359. The third-order valence-electron chi connectivity index (χ3n) is 16.9. The monoisotopic (exact) mass is 698 g/mol. The lowest BCUT2D eigenvalue weighted by Crippen LogP contribution is -2.60. The van der Waals surface area contributed by atoms with Crippen LogP contribution in [0.5, 0.6) is 0 Å². The summed E-state index contributed by atoms with van der Waals surface area (Å²) in [5.74, 6) is 1.02. The number of rotatable bonds is 8. The van der Waals surface area contributed by atoms with E-state index in [1.54, 1.807) is 0 Å². The van der Waals surface area contributed by atoms with Crippen LogP contribution >= 0.6 is 0 Å². The van der Waals surface area contributed by atoms with Crippen molar-refractivity contribution in [2.24, 2.45) is 56.7 Å². The molecular weight excluding hydrogens is 636 g/mol. The highest BCUT2D eigenvalue weighted by molar-refractivity contribution is 5.79. The summed E-state index contributed by atoms with van der Waals surface area (Å²) in [4.78, 5) is 40.0. The summed E-state index contributed by atoms with van der Waals surface area (Å²) in [6, 6.07) is 0. The van der Waals surface area contributed by atoms with Crippen LogP contribution in [-0.2, 0) is 28.6 Å². The van der Waals surface area contributed by atoms with E-state index in [2.05, 4.69) is 34.6 Å². The molecule has 2 saturated heterocycles. The maximum atomic E-state index is 12.9. The molecule has 2 spiro atoms. The highest BCUT2D eigenvalue weighted by atomic mass is 16.7. The first-order chi connectivity index (χ1) is 23.6. The maximum Gasteiger partial charge on any atom is 0.323 e. The van der Waals surface area contributed by atoms with E-state index in [4.69, 9.17) is 14.2 Å². The highest BCUT2D eigenvalue weighted by Crippen LogP contribution is 2.89. The van der Waals surface area contributed by atoms with Gasteiger partial charge in [-0.3, -0.25) is 14.4 Å². The van der Waals surface area contributed by atoms with Gasteiger partial charge >= 0.3 is 5.97 Å². The Morgan fingerprint density at radius 1 is 0.980 bits per heavy atom. The van der Waals surface area contributed by atoms with Gasteiger partial charge in [0.1, 0.15) is 6.54 Å². The standard InChI is InChI=1S/C40H62N2O8/c1-23-17-26(19-42(24(2)43)20-31(45)46)49-34-33(23)37(5)13-14-40-22-39(40)12-11-29(36(3,4)27(39)9-10-28(40)38(37,6)35(34)47)50-32-21-41(15-16-48-32)30(44)18-25-7-8-25/h23,25-29,32-35,47H,7-22H2,1-6H3,(H,45,46)/t23-,26-,27+,28+,29+,32+,33+,34+,35+,37-,38-,39-,40+/m1/s1. The number of aliphatic hydroxyl groups is 1. The van der Waals surface area contributed by atoms with Crippen molar-refractivity contribution in [3.8, 4) is 0 Å². The molecule has 6 saturated carbocycles. The second kappa shape index (κ2) is 11.9. The normalized spacial score (nSPS) is 48.7. The van der Waals surface area contributed by atoms with E-state index in [9.17, 15) is 24.6 Å². The lowest BCUT2D eigenvalue weighted by atomic mass is 9.41. The number of morpholine rings is 1. The molecule has 10 nitrogen and oxygen atoms in total. The van der Waals surface area contributed by atoms with Gasteiger partial charge in [-0.05, 0) is 115 Å². The molecule has 2 heterocycles. The molecule has 0 aromatic carbocycles. The van der Waals surface area contributed by atoms with Crippen molar-refractivity contribution in [2.75, 3.05) is 32.8 Å². The summed E-state index contributed by atoms with van der Waals surface area (Å²) in [6.07, 6.45) is 10.2. The molecule has 0 bridgehead atoms. The maximum absolute atomic E-state index is 12.9. The predicted octanol–water partition coefficient (Wildman–Crippen LogP) is 5.10. The van der Waals surface area contributed by atoms with Gasteiger partial charge in [-0.15, -0.1) is 0 Å². The van der Waals surface area contributed by atoms with Crippen LogP contribution in [0, 0.1) is 56.7 Å². The van der Waals surface area contributed by atoms with Crippen LogP contribution in [0.3, 0.4) is 0 Å². The SMILES string of the molecule is CC(=O)N(CC(=O)O)C[C@H]1C[C@@H](C)[C@H]2[C@H](O1)[C@H](O)[C@@]1(C)[C@@H]3CC[C@H]4C(C)(C)[C@@H](O[C@H]5CN(C(=O)CC6CC6)CCO5)CC[C@@]45C[C@@]35CC[C@]21C. The summed E-state index contributed by atoms with van der Waals surface area (Å²) >= 11 is 0. The number of ether oxygens (including phenoxy) is 3. The summed E-state index contributed by atoms with van der Waals surface area (Å²) in [5, 5.41) is 21.9. The van der Waals surface area contributed by atoms with Crippen LogP contribution in [-0.4, -0.2) is 101 Å². The largest absolute Gasteiger partial charge is 0.480 e. The van der Waals surface area contributed by atoms with Crippen molar-refractivity contribution in [2.45, 2.75) is 143 Å². The Labute approximate surface area is 298 Å². The lowest BCUT2D eigenvalue weighted by Gasteiger charge is -2.64. The van der Waals surface area contributed by atoms with E-state index in [-0.39, 0.29) is 82.5 Å². The smallest absolute Gasteiger partial charge is 0.323 e. The molecule has 2 aliphatic heterocycles. The van der Waals surface area contributed by atoms with Crippen molar-refractivity contribution < 1.29 is 38.8 Å². The topological polar surface area (TPSA) is 126 Å². The van der Waals surface area contributed by atoms with Gasteiger partial charge in [0, 0.05) is 31.8 Å². The molecule has 2 amide bonds. The van der Waals surface area contributed by atoms with Gasteiger partial charge in [-0.1, -0.05) is 34.6 Å². The Balaban J connectivity index is 0.987. The predicted molar refractivity (Wildman–Crippen MR) is 185 cm³/mol. The molecule has 13 atom stereocenters. The first kappa shape index (κ1) is 35.3. The molecule has 0 aromatic heterocycles. The summed E-state index contributed by atoms with van der Waals surface area (Å²) in [6.45, 7) is 15.0. The minimum Gasteiger partial charge on any atom is -0.480 e. The fourth-order valence-corrected chi connectivity index (χ4v) is 14.3. The number of carbonyl (C=O) groups excluding carboxylic acids is 2. The van der Waals surface area contributed by atoms with Crippen molar-refractivity contribution in [3.63, 3.8) is 0 Å². The van der Waals surface area contributed by atoms with Gasteiger partial charge in [0.15, 0.2) is 6.29 Å². The summed E-state index contributed by atoms with van der Waals surface area (Å²) < 4.78 is 19.7. The molecule has 0 aromatic rings. The molecule has 10 heteroatoms. The van der Waals surface area contributed by atoms with E-state index >= 15 is 0 Å². The molecule has 2 N–H and O–H groups in total. The van der Waals surface area contributed by atoms with Crippen LogP contribution in [0.4, 0.5) is 0 Å². The average Bonchev–Trinajstić information content (AvgIpc) is 3.97. The number of fused-ring (bicyclic) bond motifs is 4. The third kappa shape index (κ3) is 5.03. The number of carboxylic acids is 1. The Kier molecular flexibility index (Phi) is 8.38. The van der Waals surface area contributed by atoms with Gasteiger partial charge in [-0.2, -0.15) is 0 Å². The number of amides is 2. The second-order valence-corrected chi connectivity index (χ2v) is 19.3. The Morgan fingerprint density at radius 3 is 2.40 bits per heavy atom. The zero-order chi connectivity index (χ0) is 35.6. The van der Waals surface area contributed by atoms with Crippen molar-refractivity contribution in [1.29, 1.82) is 0 Å². The fourth-order valence-electron chi connectivity index (χ4n) is 14.3. The highest BCUT2D eigenvalue weighted by Gasteiger charge is 2.84. The fraction of sp³-hybridized carbons (Fsp3) is 0.925. The first-order valence-electron chi connectivity index (χ1n) is 19.9. The first-order valence-corrected chi connectivity index (χ1v) is 19.9. The van der Waals surface area contributed by atoms with Gasteiger partial charge < -0.3 is 34.2 Å². The van der Waals surface area contributed by atoms with Crippen LogP contribution in [0.2, 0.25) is 0 Å². The van der Waals surface area contributed by atoms with Crippen molar-refractivity contribution in [3.05, 3.63) is 0 Å². The second-order valence-electron chi connectivity index (χ2n) is 19.3. The summed E-state index contributed by atoms with van der Waals surface area (Å²) in [7, 11) is 0. The van der Waals surface area contributed by atoms with E-state index in [0.717, 1.165) is 38.5 Å². The Hall–Kier alpha value is -1.75. The Bertz CT molecular complexity index is 1400. The van der Waals surface area contributed by atoms with Gasteiger partial charge in [0.05, 0.1) is 37.6 Å². The molecule has 0 unspecified atom stereocenters. The molecule has 8 rings (SSSR count). The van der Waals surface area contributed by atoms with E-state index in [1.165, 1.54) is 37.5 Å². The molecule has 0 radical (unpaired) electrons. The molecule has 8 aliphatic rings. The average molecular weight is 699 g/mol. The van der Waals surface area contributed by atoms with E-state index < -0.39 is 12.1 Å². The van der Waals surface area contributed by atoms with Gasteiger partial charge in [0.25, 0.3) is 0 Å². The van der Waals surface area contributed by atoms with Crippen LogP contribution in [0.15, 0.2) is 0 Å². The molecule has 6 aliphatic carbocycles. The van der Waals surface area contributed by atoms with E-state index in [1.807, 2.05) is 4.90 Å². The van der Waals surface area contributed by atoms with Crippen molar-refractivity contribution >= 4 is 17.8 Å². The zero-order valence-corrected chi connectivity index (χ0v) is 31.3. The van der Waals surface area contributed by atoms with Crippen LogP contribution in [0.25, 0.3) is 0 Å².